The molecule has 1 amide bonds. The van der Waals surface area contributed by atoms with Gasteiger partial charge in [-0.2, -0.15) is 0 Å². The number of nitro groups is 1. The fraction of sp³-hybridized carbons (Fsp3) is 0.136. The monoisotopic (exact) mass is 451 g/mol. The van der Waals surface area contributed by atoms with Crippen molar-refractivity contribution in [1.29, 1.82) is 0 Å². The second-order valence-corrected chi connectivity index (χ2v) is 7.90. The molecule has 0 unspecified atom stereocenters. The first-order valence-electron chi connectivity index (χ1n) is 9.54. The lowest BCUT2D eigenvalue weighted by Gasteiger charge is -2.22. The number of benzene rings is 2. The summed E-state index contributed by atoms with van der Waals surface area (Å²) in [5, 5.41) is 15.6. The highest BCUT2D eigenvalue weighted by Gasteiger charge is 2.45. The molecule has 3 heterocycles. The third-order valence-corrected chi connectivity index (χ3v) is 5.84. The van der Waals surface area contributed by atoms with E-state index < -0.39 is 22.3 Å². The standard InChI is InChI=1S/C22H14ClN3O6/c1-10-7-16-14(9-15(10)23)20(27)18-19(12-3-5-13(6-4-12)26(29)30)25(22(28)21(18)31-16)17-8-11(2)32-24-17/h3-9,19H,1-2H3/t19-/m0/s1. The molecule has 0 fully saturated rings. The second kappa shape index (κ2) is 7.03. The number of rotatable bonds is 3. The normalized spacial score (nSPS) is 15.4. The van der Waals surface area contributed by atoms with Crippen LogP contribution in [-0.4, -0.2) is 16.0 Å². The largest absolute Gasteiger partial charge is 0.450 e. The molecule has 0 radical (unpaired) electrons. The van der Waals surface area contributed by atoms with Gasteiger partial charge in [-0.15, -0.1) is 0 Å². The van der Waals surface area contributed by atoms with Crippen molar-refractivity contribution in [2.24, 2.45) is 0 Å². The number of fused-ring (bicyclic) bond motifs is 2. The van der Waals surface area contributed by atoms with Crippen LogP contribution in [0.5, 0.6) is 0 Å². The third kappa shape index (κ3) is 2.89. The van der Waals surface area contributed by atoms with E-state index >= 15 is 0 Å². The molecule has 2 aromatic heterocycles. The van der Waals surface area contributed by atoms with Gasteiger partial charge in [0.05, 0.1) is 21.9 Å². The molecular weight excluding hydrogens is 438 g/mol. The minimum absolute atomic E-state index is 0.108. The number of hydrogen-bond donors (Lipinski definition) is 0. The molecule has 160 valence electrons. The molecular formula is C22H14ClN3O6. The number of aromatic nitrogens is 1. The van der Waals surface area contributed by atoms with Crippen LogP contribution in [-0.2, 0) is 0 Å². The van der Waals surface area contributed by atoms with Crippen LogP contribution in [0.1, 0.15) is 39.0 Å². The van der Waals surface area contributed by atoms with Crippen molar-refractivity contribution in [3.8, 4) is 0 Å². The van der Waals surface area contributed by atoms with E-state index in [9.17, 15) is 19.7 Å². The molecule has 1 aliphatic heterocycles. The molecule has 0 saturated heterocycles. The Hall–Kier alpha value is -3.98. The lowest BCUT2D eigenvalue weighted by Crippen LogP contribution is -2.29. The van der Waals surface area contributed by atoms with E-state index in [-0.39, 0.29) is 33.8 Å². The van der Waals surface area contributed by atoms with Crippen molar-refractivity contribution >= 4 is 40.0 Å². The first-order valence-corrected chi connectivity index (χ1v) is 9.92. The van der Waals surface area contributed by atoms with Gasteiger partial charge in [0.25, 0.3) is 11.6 Å². The summed E-state index contributed by atoms with van der Waals surface area (Å²) in [6.07, 6.45) is 0. The summed E-state index contributed by atoms with van der Waals surface area (Å²) in [5.74, 6) is -0.0190. The number of anilines is 1. The molecule has 9 nitrogen and oxygen atoms in total. The smallest absolute Gasteiger partial charge is 0.296 e. The van der Waals surface area contributed by atoms with Gasteiger partial charge >= 0.3 is 0 Å². The summed E-state index contributed by atoms with van der Waals surface area (Å²) < 4.78 is 11.0. The van der Waals surface area contributed by atoms with Crippen LogP contribution in [0, 0.1) is 24.0 Å². The van der Waals surface area contributed by atoms with Gasteiger partial charge in [-0.1, -0.05) is 16.8 Å². The molecule has 0 bridgehead atoms. The predicted octanol–water partition coefficient (Wildman–Crippen LogP) is 4.71. The summed E-state index contributed by atoms with van der Waals surface area (Å²) in [6.45, 7) is 3.44. The highest BCUT2D eigenvalue weighted by molar-refractivity contribution is 6.32. The lowest BCUT2D eigenvalue weighted by atomic mass is 9.98. The van der Waals surface area contributed by atoms with E-state index in [2.05, 4.69) is 5.16 Å². The molecule has 0 N–H and O–H groups in total. The molecule has 0 spiro atoms. The summed E-state index contributed by atoms with van der Waals surface area (Å²) in [6, 6.07) is 9.39. The van der Waals surface area contributed by atoms with Crippen molar-refractivity contribution < 1.29 is 18.7 Å². The molecule has 5 rings (SSSR count). The Kier molecular flexibility index (Phi) is 4.38. The van der Waals surface area contributed by atoms with Gasteiger partial charge in [0.1, 0.15) is 11.3 Å². The zero-order valence-corrected chi connectivity index (χ0v) is 17.5. The van der Waals surface area contributed by atoms with E-state index in [4.69, 9.17) is 20.5 Å². The number of nitro benzene ring substituents is 1. The molecule has 2 aromatic carbocycles. The number of aryl methyl sites for hydroxylation is 2. The van der Waals surface area contributed by atoms with Gasteiger partial charge < -0.3 is 8.94 Å². The van der Waals surface area contributed by atoms with Crippen LogP contribution in [0.15, 0.2) is 56.2 Å². The summed E-state index contributed by atoms with van der Waals surface area (Å²) in [7, 11) is 0. The second-order valence-electron chi connectivity index (χ2n) is 7.49. The van der Waals surface area contributed by atoms with Crippen molar-refractivity contribution in [1.82, 2.24) is 5.16 Å². The van der Waals surface area contributed by atoms with E-state index in [1.165, 1.54) is 35.2 Å². The minimum atomic E-state index is -0.913. The van der Waals surface area contributed by atoms with Crippen molar-refractivity contribution in [2.45, 2.75) is 19.9 Å². The Bertz CT molecular complexity index is 1490. The van der Waals surface area contributed by atoms with Crippen LogP contribution in [0.4, 0.5) is 11.5 Å². The van der Waals surface area contributed by atoms with Gasteiger partial charge in [-0.25, -0.2) is 0 Å². The van der Waals surface area contributed by atoms with Crippen molar-refractivity contribution in [3.63, 3.8) is 0 Å². The number of carbonyl (C=O) groups is 1. The zero-order valence-electron chi connectivity index (χ0n) is 16.8. The fourth-order valence-corrected chi connectivity index (χ4v) is 4.05. The maximum Gasteiger partial charge on any atom is 0.296 e. The Morgan fingerprint density at radius 1 is 1.12 bits per heavy atom. The van der Waals surface area contributed by atoms with Crippen LogP contribution in [0.3, 0.4) is 0 Å². The molecule has 32 heavy (non-hydrogen) atoms. The summed E-state index contributed by atoms with van der Waals surface area (Å²) in [5.41, 5.74) is 0.996. The molecule has 10 heteroatoms. The van der Waals surface area contributed by atoms with E-state index in [0.717, 1.165) is 0 Å². The SMILES string of the molecule is Cc1cc(N2C(=O)c3oc4cc(C)c(Cl)cc4c(=O)c3[C@@H]2c2ccc([N+](=O)[O-])cc2)no1. The number of hydrogen-bond acceptors (Lipinski definition) is 7. The van der Waals surface area contributed by atoms with Crippen LogP contribution >= 0.6 is 11.6 Å². The van der Waals surface area contributed by atoms with Crippen LogP contribution in [0.2, 0.25) is 5.02 Å². The quantitative estimate of drug-likeness (QED) is 0.326. The molecule has 4 aromatic rings. The third-order valence-electron chi connectivity index (χ3n) is 5.43. The number of halogens is 1. The van der Waals surface area contributed by atoms with E-state index in [1.54, 1.807) is 26.0 Å². The first-order chi connectivity index (χ1) is 15.3. The van der Waals surface area contributed by atoms with Gasteiger partial charge in [0, 0.05) is 23.2 Å². The molecule has 0 aliphatic carbocycles. The Labute approximate surface area is 184 Å². The Morgan fingerprint density at radius 3 is 2.47 bits per heavy atom. The molecule has 0 saturated carbocycles. The first kappa shape index (κ1) is 20.0. The highest BCUT2D eigenvalue weighted by atomic mass is 35.5. The van der Waals surface area contributed by atoms with Gasteiger partial charge in [0.2, 0.25) is 5.76 Å². The number of amides is 1. The van der Waals surface area contributed by atoms with Crippen LogP contribution < -0.4 is 10.3 Å². The summed E-state index contributed by atoms with van der Waals surface area (Å²) in [4.78, 5) is 38.8. The number of nitrogens with zero attached hydrogens (tertiary/aromatic N) is 3. The average Bonchev–Trinajstić information content (AvgIpc) is 3.31. The van der Waals surface area contributed by atoms with Gasteiger partial charge in [-0.05, 0) is 49.2 Å². The topological polar surface area (TPSA) is 120 Å². The van der Waals surface area contributed by atoms with Crippen LogP contribution in [0.25, 0.3) is 11.0 Å². The Morgan fingerprint density at radius 2 is 1.84 bits per heavy atom. The maximum absolute atomic E-state index is 13.5. The van der Waals surface area contributed by atoms with Gasteiger partial charge in [0.15, 0.2) is 11.2 Å². The number of non-ortho nitro benzene ring substituents is 1. The summed E-state index contributed by atoms with van der Waals surface area (Å²) >= 11 is 6.22. The average molecular weight is 452 g/mol. The molecule has 1 aliphatic rings. The Balaban J connectivity index is 1.80. The van der Waals surface area contributed by atoms with Gasteiger partial charge in [-0.3, -0.25) is 24.6 Å². The van der Waals surface area contributed by atoms with Crippen molar-refractivity contribution in [2.75, 3.05) is 4.90 Å². The van der Waals surface area contributed by atoms with E-state index in [1.807, 2.05) is 0 Å². The minimum Gasteiger partial charge on any atom is -0.450 e. The molecule has 1 atom stereocenters. The van der Waals surface area contributed by atoms with Crippen molar-refractivity contribution in [3.05, 3.63) is 96.0 Å². The highest BCUT2D eigenvalue weighted by Crippen LogP contribution is 2.41. The lowest BCUT2D eigenvalue weighted by molar-refractivity contribution is -0.384. The maximum atomic E-state index is 13.5. The fourth-order valence-electron chi connectivity index (χ4n) is 3.89. The van der Waals surface area contributed by atoms with E-state index in [0.29, 0.717) is 21.9 Å². The number of carbonyl (C=O) groups excluding carboxylic acids is 1. The predicted molar refractivity (Wildman–Crippen MR) is 115 cm³/mol. The zero-order chi connectivity index (χ0) is 22.7.